The topological polar surface area (TPSA) is 66.6 Å². The van der Waals surface area contributed by atoms with E-state index in [0.717, 1.165) is 13.1 Å². The van der Waals surface area contributed by atoms with Crippen molar-refractivity contribution in [3.8, 4) is 0 Å². The van der Waals surface area contributed by atoms with Crippen LogP contribution in [0.15, 0.2) is 30.3 Å². The van der Waals surface area contributed by atoms with Gasteiger partial charge in [-0.3, -0.25) is 9.69 Å². The molecule has 1 saturated heterocycles. The van der Waals surface area contributed by atoms with E-state index in [0.29, 0.717) is 13.0 Å². The third-order valence-electron chi connectivity index (χ3n) is 3.05. The lowest BCUT2D eigenvalue weighted by Crippen LogP contribution is -2.50. The molecule has 17 heavy (non-hydrogen) atoms. The van der Waals surface area contributed by atoms with Gasteiger partial charge in [-0.25, -0.2) is 0 Å². The fourth-order valence-corrected chi connectivity index (χ4v) is 2.07. The van der Waals surface area contributed by atoms with Gasteiger partial charge in [0.05, 0.1) is 0 Å². The fraction of sp³-hybridized carbons (Fsp3) is 0.417. The molecule has 1 aliphatic rings. The average molecular weight is 257 g/mol. The summed E-state index contributed by atoms with van der Waals surface area (Å²) in [5.41, 5.74) is 5.94. The smallest absolute Gasteiger partial charge is 0.325 e. The van der Waals surface area contributed by atoms with Crippen LogP contribution in [0.4, 0.5) is 0 Å². The quantitative estimate of drug-likeness (QED) is 0.850. The third kappa shape index (κ3) is 3.19. The summed E-state index contributed by atoms with van der Waals surface area (Å²) in [6, 6.07) is 10.0. The molecule has 1 aliphatic heterocycles. The maximum absolute atomic E-state index is 11.0. The second kappa shape index (κ2) is 5.49. The normalized spacial score (nSPS) is 24.3. The van der Waals surface area contributed by atoms with E-state index in [9.17, 15) is 4.79 Å². The van der Waals surface area contributed by atoms with Gasteiger partial charge in [-0.2, -0.15) is 0 Å². The average Bonchev–Trinajstić information content (AvgIpc) is 2.63. The van der Waals surface area contributed by atoms with Crippen LogP contribution in [-0.4, -0.2) is 34.6 Å². The van der Waals surface area contributed by atoms with Crippen LogP contribution < -0.4 is 5.73 Å². The van der Waals surface area contributed by atoms with Gasteiger partial charge >= 0.3 is 5.97 Å². The van der Waals surface area contributed by atoms with Gasteiger partial charge < -0.3 is 10.8 Å². The molecule has 1 unspecified atom stereocenters. The van der Waals surface area contributed by atoms with Crippen LogP contribution in [0.25, 0.3) is 0 Å². The van der Waals surface area contributed by atoms with Gasteiger partial charge in [-0.05, 0) is 12.0 Å². The Balaban J connectivity index is 0.00000144. The van der Waals surface area contributed by atoms with Gasteiger partial charge in [0.25, 0.3) is 0 Å². The Morgan fingerprint density at radius 1 is 1.41 bits per heavy atom. The number of rotatable bonds is 3. The first-order valence-electron chi connectivity index (χ1n) is 5.39. The molecule has 0 spiro atoms. The highest BCUT2D eigenvalue weighted by atomic mass is 35.5. The van der Waals surface area contributed by atoms with Crippen LogP contribution in [0.2, 0.25) is 0 Å². The van der Waals surface area contributed by atoms with Crippen molar-refractivity contribution < 1.29 is 9.90 Å². The summed E-state index contributed by atoms with van der Waals surface area (Å²) >= 11 is 0. The van der Waals surface area contributed by atoms with Crippen LogP contribution in [0, 0.1) is 0 Å². The van der Waals surface area contributed by atoms with E-state index < -0.39 is 11.5 Å². The highest BCUT2D eigenvalue weighted by Crippen LogP contribution is 2.20. The highest BCUT2D eigenvalue weighted by molar-refractivity contribution is 5.85. The second-order valence-electron chi connectivity index (χ2n) is 4.41. The van der Waals surface area contributed by atoms with Crippen molar-refractivity contribution in [1.82, 2.24) is 4.90 Å². The highest BCUT2D eigenvalue weighted by Gasteiger charge is 2.40. The maximum Gasteiger partial charge on any atom is 0.325 e. The second-order valence-corrected chi connectivity index (χ2v) is 4.41. The van der Waals surface area contributed by atoms with Crippen LogP contribution in [-0.2, 0) is 11.3 Å². The minimum absolute atomic E-state index is 0. The molecule has 0 amide bonds. The van der Waals surface area contributed by atoms with Crippen molar-refractivity contribution in [1.29, 1.82) is 0 Å². The number of hydrogen-bond acceptors (Lipinski definition) is 3. The molecule has 0 bridgehead atoms. The molecule has 94 valence electrons. The summed E-state index contributed by atoms with van der Waals surface area (Å²) < 4.78 is 0. The molecule has 0 aromatic heterocycles. The van der Waals surface area contributed by atoms with Crippen molar-refractivity contribution in [3.63, 3.8) is 0 Å². The summed E-state index contributed by atoms with van der Waals surface area (Å²) in [4.78, 5) is 13.1. The van der Waals surface area contributed by atoms with Gasteiger partial charge in [0.1, 0.15) is 5.54 Å². The van der Waals surface area contributed by atoms with Gasteiger partial charge in [-0.1, -0.05) is 30.3 Å². The molecule has 1 fully saturated rings. The first kappa shape index (κ1) is 14.0. The van der Waals surface area contributed by atoms with Crippen LogP contribution in [0.5, 0.6) is 0 Å². The predicted octanol–water partition coefficient (Wildman–Crippen LogP) is 1.10. The number of carboxylic acids is 1. The molecule has 1 aromatic rings. The number of halogens is 1. The summed E-state index contributed by atoms with van der Waals surface area (Å²) in [5, 5.41) is 9.00. The van der Waals surface area contributed by atoms with Gasteiger partial charge in [0.2, 0.25) is 0 Å². The summed E-state index contributed by atoms with van der Waals surface area (Å²) in [5.74, 6) is -0.900. The van der Waals surface area contributed by atoms with Crippen molar-refractivity contribution in [2.75, 3.05) is 13.1 Å². The van der Waals surface area contributed by atoms with Gasteiger partial charge in [-0.15, -0.1) is 12.4 Å². The molecule has 5 heteroatoms. The molecule has 3 N–H and O–H groups in total. The molecular formula is C12H17ClN2O2. The zero-order valence-electron chi connectivity index (χ0n) is 9.50. The number of aliphatic carboxylic acids is 1. The largest absolute Gasteiger partial charge is 0.480 e. The van der Waals surface area contributed by atoms with Crippen LogP contribution in [0.3, 0.4) is 0 Å². The molecule has 1 aromatic carbocycles. The molecule has 1 atom stereocenters. The molecular weight excluding hydrogens is 240 g/mol. The molecule has 0 saturated carbocycles. The zero-order valence-corrected chi connectivity index (χ0v) is 10.3. The standard InChI is InChI=1S/C12H16N2O2.ClH/c13-12(11(15)16)6-7-14(9-12)8-10-4-2-1-3-5-10;/h1-5H,6-9,13H2,(H,15,16);1H. The number of hydrogen-bond donors (Lipinski definition) is 2. The number of benzene rings is 1. The predicted molar refractivity (Wildman–Crippen MR) is 68.1 cm³/mol. The van der Waals surface area contributed by atoms with Crippen LogP contribution >= 0.6 is 12.4 Å². The SMILES string of the molecule is Cl.NC1(C(=O)O)CCN(Cc2ccccc2)C1. The zero-order chi connectivity index (χ0) is 11.6. The minimum Gasteiger partial charge on any atom is -0.480 e. The molecule has 0 radical (unpaired) electrons. The summed E-state index contributed by atoms with van der Waals surface area (Å²) in [6.45, 7) is 1.95. The van der Waals surface area contributed by atoms with E-state index in [1.165, 1.54) is 5.56 Å². The van der Waals surface area contributed by atoms with E-state index in [4.69, 9.17) is 10.8 Å². The number of carbonyl (C=O) groups is 1. The Kier molecular flexibility index (Phi) is 4.51. The lowest BCUT2D eigenvalue weighted by Gasteiger charge is -2.19. The lowest BCUT2D eigenvalue weighted by molar-refractivity contribution is -0.142. The maximum atomic E-state index is 11.0. The third-order valence-corrected chi connectivity index (χ3v) is 3.05. The number of nitrogens with two attached hydrogens (primary N) is 1. The van der Waals surface area contributed by atoms with E-state index in [-0.39, 0.29) is 12.4 Å². The summed E-state index contributed by atoms with van der Waals surface area (Å²) in [6.07, 6.45) is 0.523. The first-order valence-corrected chi connectivity index (χ1v) is 5.39. The lowest BCUT2D eigenvalue weighted by atomic mass is 10.0. The Morgan fingerprint density at radius 3 is 2.59 bits per heavy atom. The van der Waals surface area contributed by atoms with Gasteiger partial charge in [0.15, 0.2) is 0 Å². The first-order chi connectivity index (χ1) is 7.60. The monoisotopic (exact) mass is 256 g/mol. The molecule has 4 nitrogen and oxygen atoms in total. The van der Waals surface area contributed by atoms with Gasteiger partial charge in [0, 0.05) is 19.6 Å². The van der Waals surface area contributed by atoms with E-state index in [2.05, 4.69) is 4.90 Å². The van der Waals surface area contributed by atoms with E-state index in [1.807, 2.05) is 30.3 Å². The number of likely N-dealkylation sites (tertiary alicyclic amines) is 1. The molecule has 1 heterocycles. The number of nitrogens with zero attached hydrogens (tertiary/aromatic N) is 1. The van der Waals surface area contributed by atoms with Crippen LogP contribution in [0.1, 0.15) is 12.0 Å². The Morgan fingerprint density at radius 2 is 2.06 bits per heavy atom. The van der Waals surface area contributed by atoms with E-state index in [1.54, 1.807) is 0 Å². The Bertz CT molecular complexity index is 385. The Labute approximate surface area is 107 Å². The molecule has 2 rings (SSSR count). The van der Waals surface area contributed by atoms with E-state index >= 15 is 0 Å². The summed E-state index contributed by atoms with van der Waals surface area (Å²) in [7, 11) is 0. The number of carboxylic acid groups (broad SMARTS) is 1. The van der Waals surface area contributed by atoms with Crippen molar-refractivity contribution in [3.05, 3.63) is 35.9 Å². The fourth-order valence-electron chi connectivity index (χ4n) is 2.07. The molecule has 0 aliphatic carbocycles. The van der Waals surface area contributed by atoms with Crippen molar-refractivity contribution >= 4 is 18.4 Å². The minimum atomic E-state index is -1.06. The Hall–Kier alpha value is -1.10. The van der Waals surface area contributed by atoms with Crippen molar-refractivity contribution in [2.45, 2.75) is 18.5 Å². The van der Waals surface area contributed by atoms with Crippen molar-refractivity contribution in [2.24, 2.45) is 5.73 Å².